The van der Waals surface area contributed by atoms with E-state index in [1.165, 1.54) is 27.2 Å². The van der Waals surface area contributed by atoms with Crippen molar-refractivity contribution < 1.29 is 30.3 Å². The zero-order valence-corrected chi connectivity index (χ0v) is 19.8. The molecule has 0 aliphatic carbocycles. The van der Waals surface area contributed by atoms with E-state index >= 15 is 0 Å². The van der Waals surface area contributed by atoms with Crippen molar-refractivity contribution in [3.05, 3.63) is 78.6 Å². The van der Waals surface area contributed by atoms with Crippen molar-refractivity contribution in [3.8, 4) is 11.3 Å². The Bertz CT molecular complexity index is 1440. The maximum Gasteiger partial charge on any atom is 0.0604 e. The summed E-state index contributed by atoms with van der Waals surface area (Å²) in [6.45, 7) is 2.04. The van der Waals surface area contributed by atoms with E-state index in [-0.39, 0.29) is 20.1 Å². The second-order valence-corrected chi connectivity index (χ2v) is 6.79. The molecule has 2 N–H and O–H groups in total. The number of aromatic nitrogens is 3. The molecule has 0 aliphatic heterocycles. The van der Waals surface area contributed by atoms with E-state index in [1.54, 1.807) is 0 Å². The van der Waals surface area contributed by atoms with Crippen molar-refractivity contribution in [1.29, 1.82) is 0 Å². The largest absolute Gasteiger partial charge is 0.400 e. The fraction of sp³-hybridized carbons (Fsp3) is 0.120. The summed E-state index contributed by atoms with van der Waals surface area (Å²) >= 11 is 0. The number of aryl methyl sites for hydroxylation is 1. The number of benzene rings is 2. The Morgan fingerprint density at radius 2 is 1.48 bits per heavy atom. The Balaban J connectivity index is 0.000000517. The van der Waals surface area contributed by atoms with Gasteiger partial charge in [-0.3, -0.25) is 0 Å². The molecule has 5 nitrogen and oxygen atoms in total. The molecule has 0 saturated heterocycles. The van der Waals surface area contributed by atoms with Crippen LogP contribution in [0.3, 0.4) is 0 Å². The van der Waals surface area contributed by atoms with Crippen LogP contribution < -0.4 is 0 Å². The van der Waals surface area contributed by atoms with Crippen LogP contribution in [0, 0.1) is 13.1 Å². The first-order valence-corrected chi connectivity index (χ1v) is 9.59. The molecule has 0 spiro atoms. The summed E-state index contributed by atoms with van der Waals surface area (Å²) in [5, 5.41) is 18.9. The predicted molar refractivity (Wildman–Crippen MR) is 122 cm³/mol. The van der Waals surface area contributed by atoms with E-state index in [9.17, 15) is 0 Å². The molecular formula is C25H22IrN3O2-. The van der Waals surface area contributed by atoms with Crippen LogP contribution >= 0.6 is 0 Å². The van der Waals surface area contributed by atoms with Crippen LogP contribution in [0.25, 0.3) is 49.5 Å². The van der Waals surface area contributed by atoms with E-state index in [1.807, 2.05) is 19.2 Å². The minimum Gasteiger partial charge on any atom is -0.400 e. The Labute approximate surface area is 193 Å². The average Bonchev–Trinajstić information content (AvgIpc) is 3.34. The molecule has 6 aromatic rings. The summed E-state index contributed by atoms with van der Waals surface area (Å²) in [5.74, 6) is 0. The Morgan fingerprint density at radius 3 is 2.19 bits per heavy atom. The van der Waals surface area contributed by atoms with Crippen LogP contribution in [0.4, 0.5) is 0 Å². The van der Waals surface area contributed by atoms with Crippen molar-refractivity contribution in [2.24, 2.45) is 0 Å². The van der Waals surface area contributed by atoms with Gasteiger partial charge in [0, 0.05) is 56.8 Å². The number of para-hydroxylation sites is 2. The molecule has 6 rings (SSSR count). The van der Waals surface area contributed by atoms with Gasteiger partial charge in [0.1, 0.15) is 0 Å². The number of hydrogen-bond donors (Lipinski definition) is 2. The Kier molecular flexibility index (Phi) is 6.98. The first-order valence-electron chi connectivity index (χ1n) is 9.59. The summed E-state index contributed by atoms with van der Waals surface area (Å²) in [4.78, 5) is 9.25. The van der Waals surface area contributed by atoms with Gasteiger partial charge in [-0.15, -0.1) is 11.6 Å². The van der Waals surface area contributed by atoms with E-state index in [0.717, 1.165) is 42.1 Å². The second kappa shape index (κ2) is 9.50. The average molecular weight is 589 g/mol. The molecule has 4 heterocycles. The monoisotopic (exact) mass is 589 g/mol. The summed E-state index contributed by atoms with van der Waals surface area (Å²) in [7, 11) is 2.00. The molecule has 0 aliphatic rings. The topological polar surface area (TPSA) is 70.7 Å². The van der Waals surface area contributed by atoms with Gasteiger partial charge in [-0.1, -0.05) is 53.9 Å². The quantitative estimate of drug-likeness (QED) is 0.275. The summed E-state index contributed by atoms with van der Waals surface area (Å²) < 4.78 is 2.26. The summed E-state index contributed by atoms with van der Waals surface area (Å²) in [6, 6.07) is 21.3. The maximum atomic E-state index is 7.00. The number of nitrogens with zero attached hydrogens (tertiary/aromatic N) is 3. The van der Waals surface area contributed by atoms with Crippen LogP contribution in [0.15, 0.2) is 66.9 Å². The zero-order chi connectivity index (χ0) is 21.3. The normalized spacial score (nSPS) is 10.5. The molecule has 0 atom stereocenters. The molecule has 31 heavy (non-hydrogen) atoms. The zero-order valence-electron chi connectivity index (χ0n) is 17.4. The summed E-state index contributed by atoms with van der Waals surface area (Å²) in [5.41, 5.74) is 6.35. The molecule has 2 aromatic carbocycles. The van der Waals surface area contributed by atoms with Crippen molar-refractivity contribution in [2.75, 3.05) is 14.2 Å². The summed E-state index contributed by atoms with van der Waals surface area (Å²) in [6.07, 6.45) is 5.09. The van der Waals surface area contributed by atoms with Crippen LogP contribution in [-0.4, -0.2) is 38.8 Å². The molecule has 0 bridgehead atoms. The van der Waals surface area contributed by atoms with Gasteiger partial charge in [-0.05, 0) is 35.8 Å². The first-order chi connectivity index (χ1) is 14.8. The molecule has 1 radical (unpaired) electrons. The number of hydrogen-bond acceptors (Lipinski definition) is 4. The molecule has 0 saturated carbocycles. The molecule has 0 unspecified atom stereocenters. The minimum atomic E-state index is 0. The molecular weight excluding hydrogens is 567 g/mol. The molecule has 159 valence electrons. The van der Waals surface area contributed by atoms with Crippen LogP contribution in [0.5, 0.6) is 0 Å². The van der Waals surface area contributed by atoms with Gasteiger partial charge in [0.25, 0.3) is 0 Å². The minimum absolute atomic E-state index is 0. The van der Waals surface area contributed by atoms with Gasteiger partial charge in [0.2, 0.25) is 0 Å². The van der Waals surface area contributed by atoms with Gasteiger partial charge >= 0.3 is 0 Å². The number of aliphatic hydroxyl groups excluding tert-OH is 2. The Morgan fingerprint density at radius 1 is 0.806 bits per heavy atom. The SMILES string of the molecule is CO.CO.Cc1ccc(-c2[c-]nc3c(c2)c2cccc4c5ccccc5n3c42)nc1.[Ir]. The maximum absolute atomic E-state index is 7.00. The van der Waals surface area contributed by atoms with E-state index < -0.39 is 0 Å². The van der Waals surface area contributed by atoms with Crippen molar-refractivity contribution in [1.82, 2.24) is 14.4 Å². The second-order valence-electron chi connectivity index (χ2n) is 6.79. The fourth-order valence-electron chi connectivity index (χ4n) is 4.00. The van der Waals surface area contributed by atoms with Gasteiger partial charge in [-0.25, -0.2) is 0 Å². The van der Waals surface area contributed by atoms with E-state index in [4.69, 9.17) is 15.2 Å². The van der Waals surface area contributed by atoms with Gasteiger partial charge in [0.05, 0.1) is 11.2 Å². The third kappa shape index (κ3) is 3.58. The number of fused-ring (bicyclic) bond motifs is 6. The third-order valence-corrected chi connectivity index (χ3v) is 5.20. The standard InChI is InChI=1S/C23H14N3.2CH4O.Ir/c1-14-9-10-20(24-12-14)15-11-19-18-7-4-6-17-16-5-2-3-8-21(16)26(22(17)18)23(19)25-13-15;2*1-2;/h2-12H,1H3;2*2H,1H3;/q-1;;;. The first kappa shape index (κ1) is 22.8. The van der Waals surface area contributed by atoms with Gasteiger partial charge < -0.3 is 24.6 Å². The number of aliphatic hydroxyl groups is 2. The molecule has 0 amide bonds. The van der Waals surface area contributed by atoms with Crippen molar-refractivity contribution in [2.45, 2.75) is 6.92 Å². The van der Waals surface area contributed by atoms with Crippen LogP contribution in [0.1, 0.15) is 5.56 Å². The Hall–Kier alpha value is -2.89. The van der Waals surface area contributed by atoms with Gasteiger partial charge in [0.15, 0.2) is 0 Å². The molecule has 6 heteroatoms. The molecule has 0 fully saturated rings. The number of pyridine rings is 2. The molecule has 4 aromatic heterocycles. The smallest absolute Gasteiger partial charge is 0.0604 e. The van der Waals surface area contributed by atoms with E-state index in [0.29, 0.717) is 0 Å². The van der Waals surface area contributed by atoms with Gasteiger partial charge in [-0.2, -0.15) is 0 Å². The third-order valence-electron chi connectivity index (χ3n) is 5.20. The van der Waals surface area contributed by atoms with E-state index in [2.05, 4.69) is 70.2 Å². The predicted octanol–water partition coefficient (Wildman–Crippen LogP) is 4.62. The number of rotatable bonds is 1. The van der Waals surface area contributed by atoms with Crippen LogP contribution in [-0.2, 0) is 20.1 Å². The van der Waals surface area contributed by atoms with Crippen LogP contribution in [0.2, 0.25) is 0 Å². The van der Waals surface area contributed by atoms with Crippen molar-refractivity contribution >= 4 is 38.2 Å². The van der Waals surface area contributed by atoms with Crippen molar-refractivity contribution in [3.63, 3.8) is 0 Å². The fourth-order valence-corrected chi connectivity index (χ4v) is 4.00.